The van der Waals surface area contributed by atoms with Crippen LogP contribution in [0, 0.1) is 0 Å². The average molecular weight is 265 g/mol. The molecule has 108 valence electrons. The molecule has 2 heterocycles. The number of nitrogens with zero attached hydrogens (tertiary/aromatic N) is 3. The van der Waals surface area contributed by atoms with Gasteiger partial charge in [0, 0.05) is 45.8 Å². The van der Waals surface area contributed by atoms with E-state index in [9.17, 15) is 4.79 Å². The molecule has 0 unspecified atom stereocenters. The topological polar surface area (TPSA) is 26.8 Å². The van der Waals surface area contributed by atoms with E-state index < -0.39 is 0 Å². The van der Waals surface area contributed by atoms with Crippen LogP contribution in [0.5, 0.6) is 0 Å². The van der Waals surface area contributed by atoms with Gasteiger partial charge in [0.05, 0.1) is 6.54 Å². The van der Waals surface area contributed by atoms with Crippen molar-refractivity contribution in [2.75, 3.05) is 52.4 Å². The lowest BCUT2D eigenvalue weighted by Crippen LogP contribution is -2.50. The van der Waals surface area contributed by atoms with E-state index in [4.69, 9.17) is 0 Å². The van der Waals surface area contributed by atoms with Crippen LogP contribution in [-0.2, 0) is 4.79 Å². The summed E-state index contributed by atoms with van der Waals surface area (Å²) < 4.78 is 0. The van der Waals surface area contributed by atoms with Crippen LogP contribution in [0.3, 0.4) is 0 Å². The van der Waals surface area contributed by atoms with E-state index in [1.165, 1.54) is 24.8 Å². The van der Waals surface area contributed by atoms with Crippen LogP contribution in [0.2, 0.25) is 0 Å². The van der Waals surface area contributed by atoms with E-state index in [0.29, 0.717) is 12.5 Å². The Kier molecular flexibility index (Phi) is 5.40. The van der Waals surface area contributed by atoms with Crippen molar-refractivity contribution in [3.63, 3.8) is 0 Å². The molecule has 2 aliphatic heterocycles. The Morgan fingerprint density at radius 2 is 1.42 bits per heavy atom. The molecule has 0 aromatic carbocycles. The predicted molar refractivity (Wildman–Crippen MR) is 78.1 cm³/mol. The number of amides is 1. The number of hydrogen-bond acceptors (Lipinski definition) is 3. The SMILES string of the molecule is C=C(C)CN1CCN(CC(=O)N2CCCCC2)CC1. The van der Waals surface area contributed by atoms with E-state index >= 15 is 0 Å². The zero-order valence-corrected chi connectivity index (χ0v) is 12.2. The Bertz CT molecular complexity index is 315. The lowest BCUT2D eigenvalue weighted by Gasteiger charge is -2.36. The fraction of sp³-hybridized carbons (Fsp3) is 0.800. The predicted octanol–water partition coefficient (Wildman–Crippen LogP) is 1.19. The summed E-state index contributed by atoms with van der Waals surface area (Å²) in [5, 5.41) is 0. The second-order valence-corrected chi connectivity index (χ2v) is 5.95. The molecule has 0 bridgehead atoms. The zero-order chi connectivity index (χ0) is 13.7. The third-order valence-electron chi connectivity index (χ3n) is 4.03. The molecule has 0 aromatic heterocycles. The normalized spacial score (nSPS) is 22.5. The van der Waals surface area contributed by atoms with Gasteiger partial charge >= 0.3 is 0 Å². The standard InChI is InChI=1S/C15H27N3O/c1-14(2)12-16-8-10-17(11-9-16)13-15(19)18-6-4-3-5-7-18/h1,3-13H2,2H3. The van der Waals surface area contributed by atoms with Crippen LogP contribution in [-0.4, -0.2) is 73.0 Å². The Labute approximate surface area is 117 Å². The smallest absolute Gasteiger partial charge is 0.236 e. The van der Waals surface area contributed by atoms with E-state index in [2.05, 4.69) is 23.3 Å². The molecule has 2 fully saturated rings. The summed E-state index contributed by atoms with van der Waals surface area (Å²) in [6, 6.07) is 0. The van der Waals surface area contributed by atoms with Crippen molar-refractivity contribution in [2.45, 2.75) is 26.2 Å². The van der Waals surface area contributed by atoms with E-state index in [1.54, 1.807) is 0 Å². The highest BCUT2D eigenvalue weighted by molar-refractivity contribution is 5.78. The first-order valence-corrected chi connectivity index (χ1v) is 7.52. The van der Waals surface area contributed by atoms with Gasteiger partial charge in [0.15, 0.2) is 0 Å². The molecule has 0 atom stereocenters. The maximum Gasteiger partial charge on any atom is 0.236 e. The maximum absolute atomic E-state index is 12.2. The minimum absolute atomic E-state index is 0.327. The number of carbonyl (C=O) groups is 1. The van der Waals surface area contributed by atoms with Gasteiger partial charge in [-0.15, -0.1) is 0 Å². The van der Waals surface area contributed by atoms with Crippen molar-refractivity contribution >= 4 is 5.91 Å². The molecule has 2 saturated heterocycles. The molecule has 0 spiro atoms. The van der Waals surface area contributed by atoms with Crippen LogP contribution in [0.4, 0.5) is 0 Å². The first kappa shape index (κ1) is 14.5. The second kappa shape index (κ2) is 7.06. The highest BCUT2D eigenvalue weighted by Crippen LogP contribution is 2.10. The lowest BCUT2D eigenvalue weighted by atomic mass is 10.1. The molecule has 4 nitrogen and oxygen atoms in total. The van der Waals surface area contributed by atoms with Crippen LogP contribution < -0.4 is 0 Å². The quantitative estimate of drug-likeness (QED) is 0.715. The summed E-state index contributed by atoms with van der Waals surface area (Å²) >= 11 is 0. The minimum atomic E-state index is 0.327. The minimum Gasteiger partial charge on any atom is -0.342 e. The third kappa shape index (κ3) is 4.62. The summed E-state index contributed by atoms with van der Waals surface area (Å²) in [4.78, 5) is 18.9. The number of piperidine rings is 1. The van der Waals surface area contributed by atoms with Gasteiger partial charge in [0.25, 0.3) is 0 Å². The summed E-state index contributed by atoms with van der Waals surface area (Å²) in [5.74, 6) is 0.327. The highest BCUT2D eigenvalue weighted by atomic mass is 16.2. The van der Waals surface area contributed by atoms with E-state index in [1.807, 2.05) is 4.90 Å². The molecule has 4 heteroatoms. The molecule has 2 aliphatic rings. The summed E-state index contributed by atoms with van der Waals surface area (Å²) in [5.41, 5.74) is 1.22. The number of carbonyl (C=O) groups excluding carboxylic acids is 1. The zero-order valence-electron chi connectivity index (χ0n) is 12.2. The van der Waals surface area contributed by atoms with Gasteiger partial charge in [-0.05, 0) is 26.2 Å². The van der Waals surface area contributed by atoms with Crippen LogP contribution in [0.1, 0.15) is 26.2 Å². The monoisotopic (exact) mass is 265 g/mol. The molecule has 0 radical (unpaired) electrons. The first-order valence-electron chi connectivity index (χ1n) is 7.52. The lowest BCUT2D eigenvalue weighted by molar-refractivity contribution is -0.133. The number of hydrogen-bond donors (Lipinski definition) is 0. The molecule has 19 heavy (non-hydrogen) atoms. The van der Waals surface area contributed by atoms with Crippen LogP contribution >= 0.6 is 0 Å². The largest absolute Gasteiger partial charge is 0.342 e. The van der Waals surface area contributed by atoms with Crippen molar-refractivity contribution in [2.24, 2.45) is 0 Å². The number of likely N-dealkylation sites (tertiary alicyclic amines) is 1. The second-order valence-electron chi connectivity index (χ2n) is 5.95. The summed E-state index contributed by atoms with van der Waals surface area (Å²) in [6.07, 6.45) is 3.64. The molecule has 1 amide bonds. The van der Waals surface area contributed by atoms with Gasteiger partial charge in [-0.3, -0.25) is 14.6 Å². The Morgan fingerprint density at radius 3 is 1.95 bits per heavy atom. The van der Waals surface area contributed by atoms with Gasteiger partial charge in [0.1, 0.15) is 0 Å². The molecule has 2 rings (SSSR count). The molecule has 0 saturated carbocycles. The van der Waals surface area contributed by atoms with Gasteiger partial charge < -0.3 is 4.90 Å². The van der Waals surface area contributed by atoms with Crippen molar-refractivity contribution in [1.29, 1.82) is 0 Å². The molecule has 0 N–H and O–H groups in total. The van der Waals surface area contributed by atoms with Crippen molar-refractivity contribution in [1.82, 2.24) is 14.7 Å². The Morgan fingerprint density at radius 1 is 0.895 bits per heavy atom. The van der Waals surface area contributed by atoms with Gasteiger partial charge in [0.2, 0.25) is 5.91 Å². The fourth-order valence-corrected chi connectivity index (χ4v) is 2.92. The third-order valence-corrected chi connectivity index (χ3v) is 4.03. The van der Waals surface area contributed by atoms with E-state index in [0.717, 1.165) is 45.8 Å². The van der Waals surface area contributed by atoms with Crippen LogP contribution in [0.15, 0.2) is 12.2 Å². The molecule has 0 aromatic rings. The van der Waals surface area contributed by atoms with Gasteiger partial charge in [-0.2, -0.15) is 0 Å². The average Bonchev–Trinajstić information content (AvgIpc) is 2.41. The Hall–Kier alpha value is -0.870. The molecular weight excluding hydrogens is 238 g/mol. The maximum atomic E-state index is 12.2. The van der Waals surface area contributed by atoms with Gasteiger partial charge in [-0.25, -0.2) is 0 Å². The van der Waals surface area contributed by atoms with Crippen LogP contribution in [0.25, 0.3) is 0 Å². The molecular formula is C15H27N3O. The Balaban J connectivity index is 1.69. The molecule has 0 aliphatic carbocycles. The summed E-state index contributed by atoms with van der Waals surface area (Å²) in [7, 11) is 0. The number of rotatable bonds is 4. The number of piperazine rings is 1. The summed E-state index contributed by atoms with van der Waals surface area (Å²) in [6.45, 7) is 13.7. The van der Waals surface area contributed by atoms with Gasteiger partial charge in [-0.1, -0.05) is 12.2 Å². The van der Waals surface area contributed by atoms with Crippen molar-refractivity contribution < 1.29 is 4.79 Å². The van der Waals surface area contributed by atoms with Crippen molar-refractivity contribution in [3.8, 4) is 0 Å². The van der Waals surface area contributed by atoms with E-state index in [-0.39, 0.29) is 0 Å². The van der Waals surface area contributed by atoms with Crippen molar-refractivity contribution in [3.05, 3.63) is 12.2 Å². The highest BCUT2D eigenvalue weighted by Gasteiger charge is 2.22. The first-order chi connectivity index (χ1) is 9.15. The fourth-order valence-electron chi connectivity index (χ4n) is 2.92.